The lowest BCUT2D eigenvalue weighted by Crippen LogP contribution is -2.23. The first-order chi connectivity index (χ1) is 8.69. The highest BCUT2D eigenvalue weighted by atomic mass is 32.2. The second-order valence-corrected chi connectivity index (χ2v) is 4.69. The summed E-state index contributed by atoms with van der Waals surface area (Å²) in [5.41, 5.74) is 1.39. The molecule has 0 aliphatic rings. The maximum atomic E-state index is 11.7. The molecule has 1 aromatic carbocycles. The Morgan fingerprint density at radius 3 is 2.67 bits per heavy atom. The number of carbonyl (C=O) groups excluding carboxylic acids is 1. The standard InChI is InChI=1S/C12H14N4OS/c1-16-8-11(14-15-16)12(17)13-7-9-3-5-10(18-2)6-4-9/h3-6,8H,7H2,1-2H3,(H,13,17). The Labute approximate surface area is 110 Å². The number of rotatable bonds is 4. The van der Waals surface area contributed by atoms with Crippen LogP contribution in [0.15, 0.2) is 35.4 Å². The van der Waals surface area contributed by atoms with Crippen molar-refractivity contribution in [2.45, 2.75) is 11.4 Å². The zero-order valence-corrected chi connectivity index (χ0v) is 11.1. The first-order valence-corrected chi connectivity index (χ1v) is 6.69. The second kappa shape index (κ2) is 5.68. The molecule has 0 atom stereocenters. The average molecular weight is 262 g/mol. The highest BCUT2D eigenvalue weighted by Gasteiger charge is 2.08. The molecule has 18 heavy (non-hydrogen) atoms. The van der Waals surface area contributed by atoms with E-state index in [4.69, 9.17) is 0 Å². The lowest BCUT2D eigenvalue weighted by Gasteiger charge is -2.04. The van der Waals surface area contributed by atoms with Gasteiger partial charge in [-0.1, -0.05) is 17.3 Å². The summed E-state index contributed by atoms with van der Waals surface area (Å²) in [5, 5.41) is 10.3. The molecule has 0 bridgehead atoms. The van der Waals surface area contributed by atoms with Gasteiger partial charge < -0.3 is 5.32 Å². The molecule has 0 spiro atoms. The van der Waals surface area contributed by atoms with Crippen molar-refractivity contribution in [2.24, 2.45) is 7.05 Å². The van der Waals surface area contributed by atoms with E-state index in [1.165, 1.54) is 9.58 Å². The maximum absolute atomic E-state index is 11.7. The molecule has 0 fully saturated rings. The van der Waals surface area contributed by atoms with Gasteiger partial charge in [0.25, 0.3) is 5.91 Å². The molecule has 2 rings (SSSR count). The van der Waals surface area contributed by atoms with Gasteiger partial charge in [0.2, 0.25) is 0 Å². The average Bonchev–Trinajstić information content (AvgIpc) is 2.83. The zero-order valence-electron chi connectivity index (χ0n) is 10.3. The fourth-order valence-corrected chi connectivity index (χ4v) is 1.88. The fraction of sp³-hybridized carbons (Fsp3) is 0.250. The van der Waals surface area contributed by atoms with Crippen LogP contribution in [0.5, 0.6) is 0 Å². The minimum atomic E-state index is -0.211. The highest BCUT2D eigenvalue weighted by molar-refractivity contribution is 7.98. The van der Waals surface area contributed by atoms with E-state index in [0.717, 1.165) is 5.56 Å². The molecule has 2 aromatic rings. The van der Waals surface area contributed by atoms with Crippen LogP contribution in [0.2, 0.25) is 0 Å². The number of nitrogens with zero attached hydrogens (tertiary/aromatic N) is 3. The highest BCUT2D eigenvalue weighted by Crippen LogP contribution is 2.14. The van der Waals surface area contributed by atoms with Crippen LogP contribution in [-0.2, 0) is 13.6 Å². The Hall–Kier alpha value is -1.82. The maximum Gasteiger partial charge on any atom is 0.273 e. The number of aromatic nitrogens is 3. The number of thioether (sulfide) groups is 1. The number of benzene rings is 1. The van der Waals surface area contributed by atoms with Gasteiger partial charge in [-0.05, 0) is 24.0 Å². The van der Waals surface area contributed by atoms with Gasteiger partial charge in [0.15, 0.2) is 5.69 Å². The first kappa shape index (κ1) is 12.6. The number of hydrogen-bond donors (Lipinski definition) is 1. The number of aryl methyl sites for hydroxylation is 1. The van der Waals surface area contributed by atoms with E-state index in [2.05, 4.69) is 15.6 Å². The molecule has 1 amide bonds. The van der Waals surface area contributed by atoms with Gasteiger partial charge in [-0.2, -0.15) is 0 Å². The van der Waals surface area contributed by atoms with Crippen molar-refractivity contribution in [3.8, 4) is 0 Å². The molecule has 1 heterocycles. The summed E-state index contributed by atoms with van der Waals surface area (Å²) in [6, 6.07) is 8.08. The Bertz CT molecular complexity index is 535. The van der Waals surface area contributed by atoms with Crippen molar-refractivity contribution >= 4 is 17.7 Å². The molecule has 0 aliphatic carbocycles. The lowest BCUT2D eigenvalue weighted by atomic mass is 10.2. The smallest absolute Gasteiger partial charge is 0.273 e. The Morgan fingerprint density at radius 1 is 1.39 bits per heavy atom. The van der Waals surface area contributed by atoms with Crippen LogP contribution in [0, 0.1) is 0 Å². The molecule has 5 nitrogen and oxygen atoms in total. The van der Waals surface area contributed by atoms with Crippen molar-refractivity contribution in [1.29, 1.82) is 0 Å². The molecule has 1 N–H and O–H groups in total. The molecule has 0 unspecified atom stereocenters. The van der Waals surface area contributed by atoms with Crippen LogP contribution >= 0.6 is 11.8 Å². The number of carbonyl (C=O) groups is 1. The van der Waals surface area contributed by atoms with Crippen molar-refractivity contribution in [2.75, 3.05) is 6.26 Å². The molecule has 0 saturated carbocycles. The minimum absolute atomic E-state index is 0.211. The topological polar surface area (TPSA) is 59.8 Å². The van der Waals surface area contributed by atoms with Crippen molar-refractivity contribution in [1.82, 2.24) is 20.3 Å². The monoisotopic (exact) mass is 262 g/mol. The first-order valence-electron chi connectivity index (χ1n) is 5.46. The summed E-state index contributed by atoms with van der Waals surface area (Å²) in [4.78, 5) is 12.9. The van der Waals surface area contributed by atoms with Gasteiger partial charge in [-0.3, -0.25) is 9.48 Å². The Morgan fingerprint density at radius 2 is 2.11 bits per heavy atom. The summed E-state index contributed by atoms with van der Waals surface area (Å²) in [6.45, 7) is 0.490. The number of amides is 1. The summed E-state index contributed by atoms with van der Waals surface area (Å²) in [7, 11) is 1.73. The van der Waals surface area contributed by atoms with Crippen LogP contribution in [0.3, 0.4) is 0 Å². The summed E-state index contributed by atoms with van der Waals surface area (Å²) >= 11 is 1.69. The molecule has 0 saturated heterocycles. The van der Waals surface area contributed by atoms with Gasteiger partial charge in [-0.25, -0.2) is 0 Å². The Kier molecular flexibility index (Phi) is 3.99. The van der Waals surface area contributed by atoms with Crippen LogP contribution in [0.25, 0.3) is 0 Å². The van der Waals surface area contributed by atoms with E-state index in [1.807, 2.05) is 30.5 Å². The van der Waals surface area contributed by atoms with E-state index in [9.17, 15) is 4.79 Å². The quantitative estimate of drug-likeness (QED) is 0.848. The van der Waals surface area contributed by atoms with Gasteiger partial charge in [0.05, 0.1) is 6.20 Å². The van der Waals surface area contributed by atoms with Crippen molar-refractivity contribution in [3.63, 3.8) is 0 Å². The molecule has 1 aromatic heterocycles. The molecular weight excluding hydrogens is 248 g/mol. The van der Waals surface area contributed by atoms with E-state index < -0.39 is 0 Å². The van der Waals surface area contributed by atoms with Gasteiger partial charge >= 0.3 is 0 Å². The van der Waals surface area contributed by atoms with Gasteiger partial charge in [0.1, 0.15) is 0 Å². The van der Waals surface area contributed by atoms with Crippen molar-refractivity contribution in [3.05, 3.63) is 41.7 Å². The number of nitrogens with one attached hydrogen (secondary N) is 1. The fourth-order valence-electron chi connectivity index (χ4n) is 1.47. The van der Waals surface area contributed by atoms with Gasteiger partial charge in [-0.15, -0.1) is 16.9 Å². The van der Waals surface area contributed by atoms with Gasteiger partial charge in [0, 0.05) is 18.5 Å². The SMILES string of the molecule is CSc1ccc(CNC(=O)c2cn(C)nn2)cc1. The summed E-state index contributed by atoms with van der Waals surface area (Å²) < 4.78 is 1.50. The van der Waals surface area contributed by atoms with E-state index >= 15 is 0 Å². The van der Waals surface area contributed by atoms with Crippen LogP contribution in [0.4, 0.5) is 0 Å². The largest absolute Gasteiger partial charge is 0.347 e. The van der Waals surface area contributed by atoms with E-state index in [-0.39, 0.29) is 5.91 Å². The van der Waals surface area contributed by atoms with Crippen molar-refractivity contribution < 1.29 is 4.79 Å². The molecule has 0 aliphatic heterocycles. The van der Waals surface area contributed by atoms with Crippen LogP contribution < -0.4 is 5.32 Å². The summed E-state index contributed by atoms with van der Waals surface area (Å²) in [6.07, 6.45) is 3.62. The predicted octanol–water partition coefficient (Wildman–Crippen LogP) is 1.47. The summed E-state index contributed by atoms with van der Waals surface area (Å²) in [5.74, 6) is -0.211. The molecular formula is C12H14N4OS. The molecule has 94 valence electrons. The third-order valence-electron chi connectivity index (χ3n) is 2.45. The van der Waals surface area contributed by atoms with Crippen LogP contribution in [-0.4, -0.2) is 27.2 Å². The predicted molar refractivity (Wildman–Crippen MR) is 70.4 cm³/mol. The molecule has 0 radical (unpaired) electrons. The normalized spacial score (nSPS) is 10.3. The third-order valence-corrected chi connectivity index (χ3v) is 3.19. The molecule has 6 heteroatoms. The van der Waals surface area contributed by atoms with E-state index in [0.29, 0.717) is 12.2 Å². The lowest BCUT2D eigenvalue weighted by molar-refractivity contribution is 0.0946. The van der Waals surface area contributed by atoms with Crippen LogP contribution in [0.1, 0.15) is 16.1 Å². The minimum Gasteiger partial charge on any atom is -0.347 e. The third kappa shape index (κ3) is 3.10. The Balaban J connectivity index is 1.92. The number of hydrogen-bond acceptors (Lipinski definition) is 4. The van der Waals surface area contributed by atoms with E-state index in [1.54, 1.807) is 25.0 Å². The second-order valence-electron chi connectivity index (χ2n) is 3.81. The zero-order chi connectivity index (χ0) is 13.0.